The number of aromatic nitrogens is 4. The van der Waals surface area contributed by atoms with Crippen LogP contribution in [0.2, 0.25) is 0 Å². The van der Waals surface area contributed by atoms with Crippen molar-refractivity contribution in [3.63, 3.8) is 0 Å². The molecule has 0 aliphatic carbocycles. The Hall–Kier alpha value is -1.95. The van der Waals surface area contributed by atoms with Crippen LogP contribution in [0.25, 0.3) is 21.7 Å². The molecule has 0 aliphatic heterocycles. The molecule has 0 amide bonds. The second kappa shape index (κ2) is 3.53. The molecule has 6 heteroatoms. The maximum atomic E-state index is 5.92. The highest BCUT2D eigenvalue weighted by atomic mass is 32.1. The van der Waals surface area contributed by atoms with Crippen LogP contribution in [-0.2, 0) is 7.05 Å². The van der Waals surface area contributed by atoms with E-state index in [4.69, 9.17) is 5.73 Å². The molecule has 2 N–H and O–H groups in total. The summed E-state index contributed by atoms with van der Waals surface area (Å²) < 4.78 is 1.77. The number of nitrogen functional groups attached to an aromatic ring is 1. The summed E-state index contributed by atoms with van der Waals surface area (Å²) in [5.41, 5.74) is 8.41. The van der Waals surface area contributed by atoms with Crippen molar-refractivity contribution in [2.45, 2.75) is 6.92 Å². The molecule has 0 bridgehead atoms. The second-order valence-electron chi connectivity index (χ2n) is 3.82. The molecule has 0 aliphatic rings. The first-order valence-electron chi connectivity index (χ1n) is 5.17. The molecule has 3 aromatic heterocycles. The fraction of sp³-hybridized carbons (Fsp3) is 0.182. The first-order chi connectivity index (χ1) is 8.16. The predicted molar refractivity (Wildman–Crippen MR) is 68.8 cm³/mol. The molecule has 0 fully saturated rings. The molecule has 3 heterocycles. The molecule has 3 rings (SSSR count). The van der Waals surface area contributed by atoms with Gasteiger partial charge < -0.3 is 5.73 Å². The van der Waals surface area contributed by atoms with Crippen molar-refractivity contribution in [1.29, 1.82) is 0 Å². The minimum atomic E-state index is 0.433. The Morgan fingerprint density at radius 1 is 1.29 bits per heavy atom. The number of fused-ring (bicyclic) bond motifs is 1. The highest BCUT2D eigenvalue weighted by Gasteiger charge is 2.13. The summed E-state index contributed by atoms with van der Waals surface area (Å²) in [5, 5.41) is 6.30. The molecule has 0 atom stereocenters. The van der Waals surface area contributed by atoms with Gasteiger partial charge in [-0.1, -0.05) is 6.07 Å². The van der Waals surface area contributed by atoms with Gasteiger partial charge in [-0.15, -0.1) is 11.3 Å². The summed E-state index contributed by atoms with van der Waals surface area (Å²) in [4.78, 5) is 9.85. The Kier molecular flexibility index (Phi) is 2.12. The van der Waals surface area contributed by atoms with Crippen molar-refractivity contribution in [2.75, 3.05) is 5.73 Å². The number of nitrogens with two attached hydrogens (primary N) is 1. The lowest BCUT2D eigenvalue weighted by Crippen LogP contribution is -1.96. The van der Waals surface area contributed by atoms with E-state index in [2.05, 4.69) is 15.1 Å². The van der Waals surface area contributed by atoms with E-state index in [0.717, 1.165) is 16.1 Å². The number of hydrogen-bond donors (Lipinski definition) is 1. The average molecular weight is 245 g/mol. The van der Waals surface area contributed by atoms with Gasteiger partial charge in [0, 0.05) is 7.05 Å². The van der Waals surface area contributed by atoms with Crippen LogP contribution in [0.5, 0.6) is 0 Å². The SMILES string of the molecule is Cc1c2nc(-c3cccs3)nc(N)c2nn1C. The lowest BCUT2D eigenvalue weighted by molar-refractivity contribution is 0.750. The Balaban J connectivity index is 2.33. The van der Waals surface area contributed by atoms with Crippen LogP contribution in [0.3, 0.4) is 0 Å². The molecule has 0 spiro atoms. The Morgan fingerprint density at radius 3 is 2.82 bits per heavy atom. The molecule has 17 heavy (non-hydrogen) atoms. The van der Waals surface area contributed by atoms with Gasteiger partial charge in [0.25, 0.3) is 0 Å². The number of hydrogen-bond acceptors (Lipinski definition) is 5. The molecule has 3 aromatic rings. The smallest absolute Gasteiger partial charge is 0.172 e. The zero-order valence-corrected chi connectivity index (χ0v) is 10.3. The van der Waals surface area contributed by atoms with Gasteiger partial charge in [-0.3, -0.25) is 4.68 Å². The van der Waals surface area contributed by atoms with Crippen LogP contribution >= 0.6 is 11.3 Å². The largest absolute Gasteiger partial charge is 0.382 e. The van der Waals surface area contributed by atoms with Crippen molar-refractivity contribution >= 4 is 28.2 Å². The summed E-state index contributed by atoms with van der Waals surface area (Å²) >= 11 is 1.60. The number of thiophene rings is 1. The lowest BCUT2D eigenvalue weighted by atomic mass is 10.3. The van der Waals surface area contributed by atoms with Crippen molar-refractivity contribution in [1.82, 2.24) is 19.7 Å². The van der Waals surface area contributed by atoms with E-state index in [-0.39, 0.29) is 0 Å². The van der Waals surface area contributed by atoms with Gasteiger partial charge in [0.1, 0.15) is 5.52 Å². The monoisotopic (exact) mass is 245 g/mol. The Labute approximate surface area is 102 Å². The number of nitrogens with zero attached hydrogens (tertiary/aromatic N) is 4. The average Bonchev–Trinajstić information content (AvgIpc) is 2.91. The highest BCUT2D eigenvalue weighted by molar-refractivity contribution is 7.13. The number of rotatable bonds is 1. The topological polar surface area (TPSA) is 69.6 Å². The standard InChI is InChI=1S/C11H11N5S/c1-6-8-9(15-16(6)2)10(12)14-11(13-8)7-4-3-5-17-7/h3-5H,1-2H3,(H2,12,13,14). The number of anilines is 1. The van der Waals surface area contributed by atoms with Gasteiger partial charge in [0.05, 0.1) is 10.6 Å². The molecular weight excluding hydrogens is 234 g/mol. The summed E-state index contributed by atoms with van der Waals surface area (Å²) in [5.74, 6) is 1.10. The van der Waals surface area contributed by atoms with Crippen LogP contribution in [-0.4, -0.2) is 19.7 Å². The van der Waals surface area contributed by atoms with E-state index >= 15 is 0 Å². The van der Waals surface area contributed by atoms with E-state index in [1.54, 1.807) is 16.0 Å². The van der Waals surface area contributed by atoms with Gasteiger partial charge in [0.15, 0.2) is 17.2 Å². The van der Waals surface area contributed by atoms with E-state index in [0.29, 0.717) is 17.2 Å². The second-order valence-corrected chi connectivity index (χ2v) is 4.76. The van der Waals surface area contributed by atoms with E-state index < -0.39 is 0 Å². The summed E-state index contributed by atoms with van der Waals surface area (Å²) in [6.07, 6.45) is 0. The predicted octanol–water partition coefficient (Wildman–Crippen LogP) is 1.98. The van der Waals surface area contributed by atoms with Crippen LogP contribution in [0.4, 0.5) is 5.82 Å². The summed E-state index contributed by atoms with van der Waals surface area (Å²) in [7, 11) is 1.88. The van der Waals surface area contributed by atoms with Crippen molar-refractivity contribution in [2.24, 2.45) is 7.05 Å². The van der Waals surface area contributed by atoms with Crippen molar-refractivity contribution in [3.8, 4) is 10.7 Å². The maximum Gasteiger partial charge on any atom is 0.172 e. The maximum absolute atomic E-state index is 5.92. The molecule has 5 nitrogen and oxygen atoms in total. The third-order valence-corrected chi connectivity index (χ3v) is 3.60. The lowest BCUT2D eigenvalue weighted by Gasteiger charge is -1.99. The first-order valence-corrected chi connectivity index (χ1v) is 6.05. The quantitative estimate of drug-likeness (QED) is 0.711. The third-order valence-electron chi connectivity index (χ3n) is 2.73. The summed E-state index contributed by atoms with van der Waals surface area (Å²) in [6.45, 7) is 1.97. The fourth-order valence-electron chi connectivity index (χ4n) is 1.72. The minimum absolute atomic E-state index is 0.433. The van der Waals surface area contributed by atoms with Gasteiger partial charge in [-0.25, -0.2) is 9.97 Å². The van der Waals surface area contributed by atoms with Gasteiger partial charge in [-0.2, -0.15) is 5.10 Å². The third kappa shape index (κ3) is 1.49. The zero-order chi connectivity index (χ0) is 12.0. The normalized spacial score (nSPS) is 11.2. The molecule has 0 aromatic carbocycles. The molecular formula is C11H11N5S. The van der Waals surface area contributed by atoms with E-state index in [9.17, 15) is 0 Å². The summed E-state index contributed by atoms with van der Waals surface area (Å²) in [6, 6.07) is 3.96. The zero-order valence-electron chi connectivity index (χ0n) is 9.51. The first kappa shape index (κ1) is 10.2. The minimum Gasteiger partial charge on any atom is -0.382 e. The molecule has 0 saturated carbocycles. The van der Waals surface area contributed by atoms with Gasteiger partial charge in [0.2, 0.25) is 0 Å². The van der Waals surface area contributed by atoms with Gasteiger partial charge in [-0.05, 0) is 18.4 Å². The van der Waals surface area contributed by atoms with Crippen molar-refractivity contribution < 1.29 is 0 Å². The Morgan fingerprint density at radius 2 is 2.12 bits per heavy atom. The molecule has 86 valence electrons. The van der Waals surface area contributed by atoms with Crippen LogP contribution in [0, 0.1) is 6.92 Å². The molecule has 0 saturated heterocycles. The van der Waals surface area contributed by atoms with Crippen molar-refractivity contribution in [3.05, 3.63) is 23.2 Å². The van der Waals surface area contributed by atoms with Crippen LogP contribution < -0.4 is 5.73 Å². The van der Waals surface area contributed by atoms with Crippen LogP contribution in [0.1, 0.15) is 5.69 Å². The highest BCUT2D eigenvalue weighted by Crippen LogP contribution is 2.26. The number of aryl methyl sites for hydroxylation is 2. The Bertz CT molecular complexity index is 684. The fourth-order valence-corrected chi connectivity index (χ4v) is 2.37. The van der Waals surface area contributed by atoms with Gasteiger partial charge >= 0.3 is 0 Å². The van der Waals surface area contributed by atoms with E-state index in [1.807, 2.05) is 31.5 Å². The van der Waals surface area contributed by atoms with Crippen LogP contribution in [0.15, 0.2) is 17.5 Å². The van der Waals surface area contributed by atoms with E-state index in [1.165, 1.54) is 0 Å². The molecule has 0 unspecified atom stereocenters. The molecule has 0 radical (unpaired) electrons.